The molecular formula is C22H24N4O5S. The Morgan fingerprint density at radius 2 is 1.78 bits per heavy atom. The molecule has 2 aromatic rings. The van der Waals surface area contributed by atoms with Crippen LogP contribution < -0.4 is 15.5 Å². The van der Waals surface area contributed by atoms with E-state index in [1.165, 1.54) is 22.5 Å². The van der Waals surface area contributed by atoms with E-state index in [0.717, 1.165) is 19.3 Å². The fourth-order valence-electron chi connectivity index (χ4n) is 3.56. The lowest BCUT2D eigenvalue weighted by Gasteiger charge is -2.26. The first-order valence-corrected chi connectivity index (χ1v) is 11.9. The van der Waals surface area contributed by atoms with Crippen molar-refractivity contribution in [3.8, 4) is 11.5 Å². The minimum Gasteiger partial charge on any atom is -0.455 e. The van der Waals surface area contributed by atoms with Gasteiger partial charge in [0.05, 0.1) is 10.6 Å². The zero-order chi connectivity index (χ0) is 22.6. The standard InChI is InChI=1S/C22H24N4O5S/c27-21-12-10-18(24-25-21)22(28)23-19-15-17(32(29,30)26-13-5-2-6-14-26)9-11-20(19)31-16-7-3-1-4-8-16/h1,3-4,7-9,11,15H,2,5-6,10,12-14H2,(H,23,28)(H,25,27). The van der Waals surface area contributed by atoms with E-state index < -0.39 is 15.9 Å². The van der Waals surface area contributed by atoms with Crippen molar-refractivity contribution in [2.24, 2.45) is 5.10 Å². The number of piperidine rings is 1. The van der Waals surface area contributed by atoms with Gasteiger partial charge in [-0.15, -0.1) is 0 Å². The topological polar surface area (TPSA) is 117 Å². The third kappa shape index (κ3) is 4.97. The summed E-state index contributed by atoms with van der Waals surface area (Å²) in [6, 6.07) is 13.4. The number of sulfonamides is 1. The molecule has 1 saturated heterocycles. The SMILES string of the molecule is O=C1CCC(C(=O)Nc2cc(S(=O)(=O)N3CCCCC3)ccc2Oc2ccccc2)=NN1. The van der Waals surface area contributed by atoms with Gasteiger partial charge in [0.1, 0.15) is 11.5 Å². The molecule has 2 amide bonds. The minimum atomic E-state index is -3.70. The van der Waals surface area contributed by atoms with Crippen LogP contribution in [0, 0.1) is 0 Å². The Hall–Kier alpha value is -3.24. The molecule has 2 aliphatic heterocycles. The lowest BCUT2D eigenvalue weighted by atomic mass is 10.1. The summed E-state index contributed by atoms with van der Waals surface area (Å²) in [4.78, 5) is 24.1. The van der Waals surface area contributed by atoms with E-state index in [2.05, 4.69) is 15.8 Å². The molecule has 0 aliphatic carbocycles. The maximum atomic E-state index is 13.1. The Kier molecular flexibility index (Phi) is 6.52. The van der Waals surface area contributed by atoms with Crippen LogP contribution in [0.1, 0.15) is 32.1 Å². The van der Waals surface area contributed by atoms with Gasteiger partial charge in [-0.25, -0.2) is 13.8 Å². The predicted molar refractivity (Wildman–Crippen MR) is 119 cm³/mol. The van der Waals surface area contributed by atoms with Gasteiger partial charge in [-0.1, -0.05) is 24.6 Å². The minimum absolute atomic E-state index is 0.0778. The number of nitrogens with one attached hydrogen (secondary N) is 2. The summed E-state index contributed by atoms with van der Waals surface area (Å²) in [7, 11) is -3.70. The number of ether oxygens (including phenoxy) is 1. The molecule has 2 aromatic carbocycles. The Bertz CT molecular complexity index is 1140. The van der Waals surface area contributed by atoms with Crippen LogP contribution in [0.25, 0.3) is 0 Å². The number of rotatable bonds is 6. The molecule has 2 N–H and O–H groups in total. The summed E-state index contributed by atoms with van der Waals surface area (Å²) in [6.45, 7) is 0.950. The van der Waals surface area contributed by atoms with E-state index >= 15 is 0 Å². The molecule has 168 valence electrons. The van der Waals surface area contributed by atoms with Gasteiger partial charge in [0.15, 0.2) is 5.75 Å². The highest BCUT2D eigenvalue weighted by Crippen LogP contribution is 2.33. The predicted octanol–water partition coefficient (Wildman–Crippen LogP) is 2.86. The third-order valence-corrected chi connectivity index (χ3v) is 7.18. The van der Waals surface area contributed by atoms with Gasteiger partial charge < -0.3 is 10.1 Å². The molecule has 0 aromatic heterocycles. The molecule has 2 heterocycles. The number of hydrazone groups is 1. The van der Waals surface area contributed by atoms with Crippen molar-refractivity contribution in [1.29, 1.82) is 0 Å². The largest absolute Gasteiger partial charge is 0.455 e. The van der Waals surface area contributed by atoms with Crippen LogP contribution in [0.4, 0.5) is 5.69 Å². The molecular weight excluding hydrogens is 432 g/mol. The van der Waals surface area contributed by atoms with Gasteiger partial charge >= 0.3 is 0 Å². The van der Waals surface area contributed by atoms with Crippen molar-refractivity contribution in [3.05, 3.63) is 48.5 Å². The molecule has 2 aliphatic rings. The monoisotopic (exact) mass is 456 g/mol. The number of carbonyl (C=O) groups excluding carboxylic acids is 2. The van der Waals surface area contributed by atoms with Crippen LogP contribution in [0.3, 0.4) is 0 Å². The zero-order valence-electron chi connectivity index (χ0n) is 17.4. The highest BCUT2D eigenvalue weighted by molar-refractivity contribution is 7.89. The quantitative estimate of drug-likeness (QED) is 0.693. The van der Waals surface area contributed by atoms with E-state index in [0.29, 0.717) is 24.6 Å². The summed E-state index contributed by atoms with van der Waals surface area (Å²) in [6.07, 6.45) is 3.00. The zero-order valence-corrected chi connectivity index (χ0v) is 18.2. The number of benzene rings is 2. The molecule has 4 rings (SSSR count). The highest BCUT2D eigenvalue weighted by atomic mass is 32.2. The first-order valence-electron chi connectivity index (χ1n) is 10.5. The van der Waals surface area contributed by atoms with Crippen molar-refractivity contribution < 1.29 is 22.7 Å². The molecule has 0 saturated carbocycles. The molecule has 1 fully saturated rings. The van der Waals surface area contributed by atoms with Crippen LogP contribution >= 0.6 is 0 Å². The first kappa shape index (κ1) is 22.0. The third-order valence-electron chi connectivity index (χ3n) is 5.29. The average Bonchev–Trinajstić information content (AvgIpc) is 2.82. The number of carbonyl (C=O) groups is 2. The summed E-state index contributed by atoms with van der Waals surface area (Å²) in [5.74, 6) is 0.0409. The molecule has 0 bridgehead atoms. The van der Waals surface area contributed by atoms with Crippen molar-refractivity contribution >= 4 is 33.2 Å². The second kappa shape index (κ2) is 9.49. The van der Waals surface area contributed by atoms with Gasteiger partial charge in [0.2, 0.25) is 15.9 Å². The number of para-hydroxylation sites is 1. The van der Waals surface area contributed by atoms with Crippen LogP contribution in [0.2, 0.25) is 0 Å². The summed E-state index contributed by atoms with van der Waals surface area (Å²) >= 11 is 0. The van der Waals surface area contributed by atoms with Crippen LogP contribution in [-0.2, 0) is 19.6 Å². The molecule has 9 nitrogen and oxygen atoms in total. The summed E-state index contributed by atoms with van der Waals surface area (Å²) in [5, 5.41) is 6.50. The van der Waals surface area contributed by atoms with Crippen molar-refractivity contribution in [2.45, 2.75) is 37.0 Å². The van der Waals surface area contributed by atoms with Gasteiger partial charge in [0, 0.05) is 25.9 Å². The Balaban J connectivity index is 1.65. The highest BCUT2D eigenvalue weighted by Gasteiger charge is 2.27. The maximum absolute atomic E-state index is 13.1. The average molecular weight is 457 g/mol. The fourth-order valence-corrected chi connectivity index (χ4v) is 5.10. The van der Waals surface area contributed by atoms with E-state index in [-0.39, 0.29) is 35.0 Å². The van der Waals surface area contributed by atoms with Crippen LogP contribution in [-0.4, -0.2) is 43.3 Å². The molecule has 32 heavy (non-hydrogen) atoms. The first-order chi connectivity index (χ1) is 15.4. The molecule has 0 radical (unpaired) electrons. The van der Waals surface area contributed by atoms with Crippen LogP contribution in [0.5, 0.6) is 11.5 Å². The normalized spacial score (nSPS) is 17.2. The summed E-state index contributed by atoms with van der Waals surface area (Å²) in [5.41, 5.74) is 2.64. The second-order valence-corrected chi connectivity index (χ2v) is 9.52. The maximum Gasteiger partial charge on any atom is 0.271 e. The lowest BCUT2D eigenvalue weighted by Crippen LogP contribution is -2.35. The molecule has 0 spiro atoms. The number of anilines is 1. The van der Waals surface area contributed by atoms with E-state index in [9.17, 15) is 18.0 Å². The molecule has 0 atom stereocenters. The number of amides is 2. The number of hydrogen-bond donors (Lipinski definition) is 2. The molecule has 10 heteroatoms. The van der Waals surface area contributed by atoms with Gasteiger partial charge in [0.25, 0.3) is 5.91 Å². The van der Waals surface area contributed by atoms with Gasteiger partial charge in [-0.3, -0.25) is 9.59 Å². The Morgan fingerprint density at radius 1 is 1.03 bits per heavy atom. The smallest absolute Gasteiger partial charge is 0.271 e. The number of hydrogen-bond acceptors (Lipinski definition) is 6. The van der Waals surface area contributed by atoms with Crippen molar-refractivity contribution in [1.82, 2.24) is 9.73 Å². The Morgan fingerprint density at radius 3 is 2.47 bits per heavy atom. The van der Waals surface area contributed by atoms with E-state index in [1.807, 2.05) is 18.2 Å². The van der Waals surface area contributed by atoms with Crippen molar-refractivity contribution in [2.75, 3.05) is 18.4 Å². The van der Waals surface area contributed by atoms with E-state index in [1.54, 1.807) is 12.1 Å². The lowest BCUT2D eigenvalue weighted by molar-refractivity contribution is -0.121. The second-order valence-electron chi connectivity index (χ2n) is 7.59. The summed E-state index contributed by atoms with van der Waals surface area (Å²) < 4.78 is 33.6. The van der Waals surface area contributed by atoms with Crippen LogP contribution in [0.15, 0.2) is 58.5 Å². The molecule has 0 unspecified atom stereocenters. The van der Waals surface area contributed by atoms with Crippen molar-refractivity contribution in [3.63, 3.8) is 0 Å². The fraction of sp³-hybridized carbons (Fsp3) is 0.318. The van der Waals surface area contributed by atoms with E-state index in [4.69, 9.17) is 4.74 Å². The van der Waals surface area contributed by atoms with Gasteiger partial charge in [-0.05, 0) is 43.2 Å². The Labute approximate surface area is 186 Å². The van der Waals surface area contributed by atoms with Gasteiger partial charge in [-0.2, -0.15) is 9.41 Å². The number of nitrogens with zero attached hydrogens (tertiary/aromatic N) is 2.